The minimum absolute atomic E-state index is 0.173. The summed E-state index contributed by atoms with van der Waals surface area (Å²) in [5.41, 5.74) is 1.05. The number of anilines is 1. The topological polar surface area (TPSA) is 121 Å². The number of hydrogen-bond acceptors (Lipinski definition) is 8. The SMILES string of the molecule is C=C1NC2(O)CC(O1)C(C)C1OC1(C)C(OC(=O)C(C)N(C)C(=O)CCC)CC(=O)N(C)c1cc(cc(C)c1Cl)C/C(C)=C/C=C/C2C. The van der Waals surface area contributed by atoms with E-state index in [1.165, 1.54) is 9.80 Å². The molecule has 1 aromatic rings. The third-order valence-corrected chi connectivity index (χ3v) is 10.7. The predicted octanol–water partition coefficient (Wildman–Crippen LogP) is 5.59. The summed E-state index contributed by atoms with van der Waals surface area (Å²) in [5, 5.41) is 15.3. The second kappa shape index (κ2) is 14.6. The van der Waals surface area contributed by atoms with E-state index in [4.69, 9.17) is 25.8 Å². The van der Waals surface area contributed by atoms with Gasteiger partial charge in [-0.15, -0.1) is 0 Å². The van der Waals surface area contributed by atoms with E-state index >= 15 is 0 Å². The Bertz CT molecular complexity index is 1490. The lowest BCUT2D eigenvalue weighted by molar-refractivity contribution is -0.162. The van der Waals surface area contributed by atoms with Crippen LogP contribution in [0, 0.1) is 18.8 Å². The highest BCUT2D eigenvalue weighted by molar-refractivity contribution is 6.34. The van der Waals surface area contributed by atoms with Crippen molar-refractivity contribution in [3.05, 3.63) is 64.5 Å². The van der Waals surface area contributed by atoms with Crippen molar-refractivity contribution in [2.75, 3.05) is 19.0 Å². The standard InChI is InChI=1S/C37H52ClN3O7/c1-11-13-31(42)40(9)25(6)35(44)47-30-19-32(43)41(10)28-18-27(17-22(3)33(28)38)16-21(2)14-12-15-23(4)37(45)20-29(46-26(7)39-37)24(5)34-36(30,8)48-34/h12,14-15,17-18,23-25,29-30,34,39,45H,7,11,13,16,19-20H2,1-6,8-10H3/b15-12+,21-14+. The molecule has 0 aliphatic carbocycles. The van der Waals surface area contributed by atoms with Gasteiger partial charge in [0.2, 0.25) is 11.8 Å². The van der Waals surface area contributed by atoms with Crippen molar-refractivity contribution in [2.24, 2.45) is 11.8 Å². The van der Waals surface area contributed by atoms with Crippen molar-refractivity contribution >= 4 is 35.1 Å². The Kier molecular flexibility index (Phi) is 11.4. The van der Waals surface area contributed by atoms with Gasteiger partial charge in [0.15, 0.2) is 5.88 Å². The highest BCUT2D eigenvalue weighted by atomic mass is 35.5. The van der Waals surface area contributed by atoms with Gasteiger partial charge in [0.05, 0.1) is 23.2 Å². The largest absolute Gasteiger partial charge is 0.476 e. The Labute approximate surface area is 290 Å². The molecule has 2 amide bonds. The Balaban J connectivity index is 1.75. The molecule has 0 spiro atoms. The van der Waals surface area contributed by atoms with Gasteiger partial charge in [0, 0.05) is 38.8 Å². The predicted molar refractivity (Wildman–Crippen MR) is 186 cm³/mol. The number of likely N-dealkylation sites (N-methyl/N-ethyl adjacent to an activating group) is 1. The van der Waals surface area contributed by atoms with E-state index in [2.05, 4.69) is 11.9 Å². The van der Waals surface area contributed by atoms with Crippen LogP contribution in [0.1, 0.15) is 78.4 Å². The number of carbonyl (C=O) groups excluding carboxylic acids is 3. The van der Waals surface area contributed by atoms with Crippen molar-refractivity contribution in [1.82, 2.24) is 10.2 Å². The summed E-state index contributed by atoms with van der Waals surface area (Å²) in [6.07, 6.45) is 5.57. The van der Waals surface area contributed by atoms with Gasteiger partial charge in [0.25, 0.3) is 0 Å². The van der Waals surface area contributed by atoms with Crippen LogP contribution in [-0.4, -0.2) is 77.6 Å². The lowest BCUT2D eigenvalue weighted by Gasteiger charge is -2.44. The fourth-order valence-corrected chi connectivity index (χ4v) is 6.90. The molecule has 1 aromatic carbocycles. The van der Waals surface area contributed by atoms with Crippen LogP contribution >= 0.6 is 11.6 Å². The minimum atomic E-state index is -1.33. The van der Waals surface area contributed by atoms with E-state index in [-0.39, 0.29) is 42.4 Å². The second-order valence-corrected chi connectivity index (χ2v) is 14.4. The first-order valence-electron chi connectivity index (χ1n) is 16.8. The average molecular weight is 686 g/mol. The van der Waals surface area contributed by atoms with E-state index in [1.54, 1.807) is 21.0 Å². The number of ether oxygens (including phenoxy) is 3. The molecule has 2 fully saturated rings. The van der Waals surface area contributed by atoms with Crippen molar-refractivity contribution in [3.63, 3.8) is 0 Å². The number of rotatable bonds is 5. The molecule has 3 aliphatic heterocycles. The van der Waals surface area contributed by atoms with Crippen LogP contribution in [0.2, 0.25) is 5.02 Å². The number of benzene rings is 1. The lowest BCUT2D eigenvalue weighted by atomic mass is 9.82. The van der Waals surface area contributed by atoms with Crippen LogP contribution in [-0.2, 0) is 35.0 Å². The molecular formula is C37H52ClN3O7. The summed E-state index contributed by atoms with van der Waals surface area (Å²) in [4.78, 5) is 43.0. The molecule has 2 N–H and O–H groups in total. The summed E-state index contributed by atoms with van der Waals surface area (Å²) >= 11 is 6.76. The summed E-state index contributed by atoms with van der Waals surface area (Å²) in [6, 6.07) is 3.03. The van der Waals surface area contributed by atoms with Gasteiger partial charge in [-0.05, 0) is 64.3 Å². The summed E-state index contributed by atoms with van der Waals surface area (Å²) in [6.45, 7) is 17.1. The first-order valence-corrected chi connectivity index (χ1v) is 17.2. The molecular weight excluding hydrogens is 634 g/mol. The molecule has 4 rings (SSSR count). The van der Waals surface area contributed by atoms with Crippen LogP contribution in [0.15, 0.2) is 48.4 Å². The maximum atomic E-state index is 14.0. The fraction of sp³-hybridized carbons (Fsp3) is 0.595. The van der Waals surface area contributed by atoms with Gasteiger partial charge in [-0.25, -0.2) is 4.79 Å². The molecule has 4 bridgehead atoms. The molecule has 8 atom stereocenters. The lowest BCUT2D eigenvalue weighted by Crippen LogP contribution is -2.57. The Morgan fingerprint density at radius 3 is 2.65 bits per heavy atom. The second-order valence-electron chi connectivity index (χ2n) is 14.0. The molecule has 8 unspecified atom stereocenters. The zero-order valence-corrected chi connectivity index (χ0v) is 30.5. The minimum Gasteiger partial charge on any atom is -0.476 e. The van der Waals surface area contributed by atoms with Crippen LogP contribution < -0.4 is 10.2 Å². The van der Waals surface area contributed by atoms with E-state index in [1.807, 2.05) is 71.9 Å². The van der Waals surface area contributed by atoms with Crippen LogP contribution in [0.5, 0.6) is 0 Å². The Hall–Kier alpha value is -3.34. The van der Waals surface area contributed by atoms with Crippen LogP contribution in [0.4, 0.5) is 5.69 Å². The number of nitrogens with one attached hydrogen (secondary N) is 1. The summed E-state index contributed by atoms with van der Waals surface area (Å²) in [5.74, 6) is -1.46. The first kappa shape index (κ1) is 37.5. The molecule has 3 heterocycles. The molecule has 3 aliphatic rings. The van der Waals surface area contributed by atoms with Gasteiger partial charge in [-0.2, -0.15) is 0 Å². The molecule has 48 heavy (non-hydrogen) atoms. The van der Waals surface area contributed by atoms with E-state index < -0.39 is 41.6 Å². The van der Waals surface area contributed by atoms with Crippen molar-refractivity contribution in [3.8, 4) is 0 Å². The number of amides is 2. The maximum absolute atomic E-state index is 14.0. The Morgan fingerprint density at radius 2 is 1.98 bits per heavy atom. The number of nitrogens with zero attached hydrogens (tertiary/aromatic N) is 2. The summed E-state index contributed by atoms with van der Waals surface area (Å²) < 4.78 is 18.5. The number of fused-ring (bicyclic) bond motifs is 5. The highest BCUT2D eigenvalue weighted by Gasteiger charge is 2.64. The molecule has 2 saturated heterocycles. The number of allylic oxidation sites excluding steroid dienone is 3. The van der Waals surface area contributed by atoms with Gasteiger partial charge in [-0.3, -0.25) is 9.59 Å². The fourth-order valence-electron chi connectivity index (χ4n) is 6.66. The average Bonchev–Trinajstić information content (AvgIpc) is 3.72. The number of aryl methyl sites for hydroxylation is 1. The number of carbonyl (C=O) groups is 3. The molecule has 0 radical (unpaired) electrons. The number of esters is 1. The first-order chi connectivity index (χ1) is 22.4. The van der Waals surface area contributed by atoms with Crippen molar-refractivity contribution in [2.45, 2.75) is 116 Å². The van der Waals surface area contributed by atoms with Gasteiger partial charge in [-0.1, -0.05) is 62.2 Å². The number of hydrogen-bond donors (Lipinski definition) is 2. The molecule has 0 saturated carbocycles. The monoisotopic (exact) mass is 685 g/mol. The van der Waals surface area contributed by atoms with E-state index in [0.717, 1.165) is 16.7 Å². The number of halogens is 1. The van der Waals surface area contributed by atoms with Gasteiger partial charge in [0.1, 0.15) is 29.6 Å². The molecule has 11 heteroatoms. The third kappa shape index (κ3) is 7.92. The Morgan fingerprint density at radius 1 is 1.29 bits per heavy atom. The quantitative estimate of drug-likeness (QED) is 0.304. The molecule has 264 valence electrons. The zero-order chi connectivity index (χ0) is 35.7. The van der Waals surface area contributed by atoms with Gasteiger partial charge < -0.3 is 34.4 Å². The van der Waals surface area contributed by atoms with Crippen molar-refractivity contribution < 1.29 is 33.7 Å². The maximum Gasteiger partial charge on any atom is 0.328 e. The number of epoxide rings is 1. The smallest absolute Gasteiger partial charge is 0.328 e. The molecule has 10 nitrogen and oxygen atoms in total. The number of aliphatic hydroxyl groups is 1. The zero-order valence-electron chi connectivity index (χ0n) is 29.8. The molecule has 0 aromatic heterocycles. The van der Waals surface area contributed by atoms with Crippen LogP contribution in [0.25, 0.3) is 0 Å². The van der Waals surface area contributed by atoms with E-state index in [0.29, 0.717) is 30.0 Å². The van der Waals surface area contributed by atoms with Crippen molar-refractivity contribution in [1.29, 1.82) is 0 Å². The summed E-state index contributed by atoms with van der Waals surface area (Å²) in [7, 11) is 3.23. The van der Waals surface area contributed by atoms with E-state index in [9.17, 15) is 19.5 Å². The third-order valence-electron chi connectivity index (χ3n) is 10.2. The highest BCUT2D eigenvalue weighted by Crippen LogP contribution is 2.49. The van der Waals surface area contributed by atoms with Gasteiger partial charge >= 0.3 is 5.97 Å². The normalized spacial score (nSPS) is 33.3. The van der Waals surface area contributed by atoms with Crippen LogP contribution in [0.3, 0.4) is 0 Å².